The highest BCUT2D eigenvalue weighted by Crippen LogP contribution is 2.48. The summed E-state index contributed by atoms with van der Waals surface area (Å²) in [6, 6.07) is 5.01. The highest BCUT2D eigenvalue weighted by molar-refractivity contribution is 5.57. The molecule has 1 aromatic carbocycles. The van der Waals surface area contributed by atoms with E-state index in [1.54, 1.807) is 18.2 Å². The van der Waals surface area contributed by atoms with Gasteiger partial charge in [0.2, 0.25) is 0 Å². The van der Waals surface area contributed by atoms with Crippen molar-refractivity contribution in [1.29, 1.82) is 0 Å². The fraction of sp³-hybridized carbons (Fsp3) is 0.400. The maximum Gasteiger partial charge on any atom is 0.315 e. The second-order valence-electron chi connectivity index (χ2n) is 3.77. The van der Waals surface area contributed by atoms with Crippen LogP contribution in [0.1, 0.15) is 18.4 Å². The van der Waals surface area contributed by atoms with E-state index in [1.807, 2.05) is 0 Å². The van der Waals surface area contributed by atoms with Crippen molar-refractivity contribution in [2.75, 3.05) is 7.11 Å². The van der Waals surface area contributed by atoms with E-state index < -0.39 is 10.5 Å². The summed E-state index contributed by atoms with van der Waals surface area (Å²) in [7, 11) is 1.42. The normalized spacial score (nSPS) is 17.2. The molecule has 2 N–H and O–H groups in total. The standard InChI is InChI=1S/C10H12N2O3/c1-15-8-4-2-3-7(9(8)12(13)14)10(11)5-6-10/h2-4H,5-6,11H2,1H3. The monoisotopic (exact) mass is 208 g/mol. The van der Waals surface area contributed by atoms with Gasteiger partial charge in [-0.15, -0.1) is 0 Å². The molecule has 5 heteroatoms. The van der Waals surface area contributed by atoms with Gasteiger partial charge in [-0.25, -0.2) is 0 Å². The number of nitrogens with zero attached hydrogens (tertiary/aromatic N) is 1. The molecule has 0 amide bonds. The quantitative estimate of drug-likeness (QED) is 0.603. The molecule has 1 aliphatic rings. The van der Waals surface area contributed by atoms with E-state index in [1.165, 1.54) is 7.11 Å². The summed E-state index contributed by atoms with van der Waals surface area (Å²) in [5.74, 6) is 0.272. The van der Waals surface area contributed by atoms with Crippen LogP contribution in [0.4, 0.5) is 5.69 Å². The Balaban J connectivity index is 2.58. The summed E-state index contributed by atoms with van der Waals surface area (Å²) >= 11 is 0. The number of hydrogen-bond acceptors (Lipinski definition) is 4. The topological polar surface area (TPSA) is 78.4 Å². The Labute approximate surface area is 87.0 Å². The third kappa shape index (κ3) is 1.55. The zero-order valence-corrected chi connectivity index (χ0v) is 8.40. The van der Waals surface area contributed by atoms with Crippen molar-refractivity contribution in [1.82, 2.24) is 0 Å². The second kappa shape index (κ2) is 3.20. The van der Waals surface area contributed by atoms with Crippen molar-refractivity contribution in [2.24, 2.45) is 5.73 Å². The third-order valence-corrected chi connectivity index (χ3v) is 2.73. The number of rotatable bonds is 3. The molecule has 0 saturated heterocycles. The molecular weight excluding hydrogens is 196 g/mol. The van der Waals surface area contributed by atoms with Crippen molar-refractivity contribution in [3.63, 3.8) is 0 Å². The van der Waals surface area contributed by atoms with Crippen LogP contribution in [-0.4, -0.2) is 12.0 Å². The van der Waals surface area contributed by atoms with Crippen molar-refractivity contribution >= 4 is 5.69 Å². The number of ether oxygens (including phenoxy) is 1. The molecule has 0 aromatic heterocycles. The lowest BCUT2D eigenvalue weighted by Crippen LogP contribution is -2.20. The molecule has 1 aliphatic carbocycles. The molecule has 5 nitrogen and oxygen atoms in total. The average Bonchev–Trinajstić information content (AvgIpc) is 2.96. The molecule has 80 valence electrons. The number of nitro benzene ring substituents is 1. The Hall–Kier alpha value is -1.62. The number of nitrogens with two attached hydrogens (primary N) is 1. The molecule has 1 fully saturated rings. The van der Waals surface area contributed by atoms with Crippen LogP contribution in [0.15, 0.2) is 18.2 Å². The first-order valence-electron chi connectivity index (χ1n) is 4.69. The number of nitro groups is 1. The Morgan fingerprint density at radius 3 is 2.67 bits per heavy atom. The van der Waals surface area contributed by atoms with Crippen molar-refractivity contribution in [3.8, 4) is 5.75 Å². The van der Waals surface area contributed by atoms with Gasteiger partial charge in [-0.2, -0.15) is 0 Å². The lowest BCUT2D eigenvalue weighted by molar-refractivity contribution is -0.386. The molecule has 0 bridgehead atoms. The van der Waals surface area contributed by atoms with Gasteiger partial charge in [0.15, 0.2) is 5.75 Å². The van der Waals surface area contributed by atoms with E-state index in [-0.39, 0.29) is 11.4 Å². The van der Waals surface area contributed by atoms with Gasteiger partial charge in [-0.05, 0) is 18.9 Å². The van der Waals surface area contributed by atoms with Gasteiger partial charge in [-0.1, -0.05) is 12.1 Å². The molecule has 1 aromatic rings. The molecular formula is C10H12N2O3. The summed E-state index contributed by atoms with van der Waals surface area (Å²) in [6.07, 6.45) is 1.59. The van der Waals surface area contributed by atoms with Crippen LogP contribution in [0, 0.1) is 10.1 Å². The van der Waals surface area contributed by atoms with Crippen molar-refractivity contribution in [2.45, 2.75) is 18.4 Å². The van der Waals surface area contributed by atoms with E-state index in [0.29, 0.717) is 5.56 Å². The molecule has 0 atom stereocenters. The fourth-order valence-corrected chi connectivity index (χ4v) is 1.68. The molecule has 1 saturated carbocycles. The summed E-state index contributed by atoms with van der Waals surface area (Å²) in [6.45, 7) is 0. The summed E-state index contributed by atoms with van der Waals surface area (Å²) in [5.41, 5.74) is 6.03. The third-order valence-electron chi connectivity index (χ3n) is 2.73. The number of hydrogen-bond donors (Lipinski definition) is 1. The van der Waals surface area contributed by atoms with Crippen LogP contribution < -0.4 is 10.5 Å². The van der Waals surface area contributed by atoms with E-state index >= 15 is 0 Å². The Morgan fingerprint density at radius 2 is 2.20 bits per heavy atom. The van der Waals surface area contributed by atoms with E-state index in [0.717, 1.165) is 12.8 Å². The predicted molar refractivity (Wildman–Crippen MR) is 54.7 cm³/mol. The first-order valence-corrected chi connectivity index (χ1v) is 4.69. The summed E-state index contributed by atoms with van der Waals surface area (Å²) < 4.78 is 4.97. The summed E-state index contributed by atoms with van der Waals surface area (Å²) in [5, 5.41) is 10.9. The first-order chi connectivity index (χ1) is 7.08. The minimum atomic E-state index is -0.517. The molecule has 0 unspecified atom stereocenters. The molecule has 2 rings (SSSR count). The Bertz CT molecular complexity index is 413. The zero-order valence-electron chi connectivity index (χ0n) is 8.40. The van der Waals surface area contributed by atoms with Crippen LogP contribution in [0.25, 0.3) is 0 Å². The first kappa shape index (κ1) is 9.92. The van der Waals surface area contributed by atoms with Gasteiger partial charge >= 0.3 is 5.69 Å². The van der Waals surface area contributed by atoms with Gasteiger partial charge in [0.25, 0.3) is 0 Å². The molecule has 0 aliphatic heterocycles. The van der Waals surface area contributed by atoms with Crippen LogP contribution in [0.3, 0.4) is 0 Å². The number of para-hydroxylation sites is 1. The van der Waals surface area contributed by atoms with Crippen LogP contribution in [-0.2, 0) is 5.54 Å². The predicted octanol–water partition coefficient (Wildman–Crippen LogP) is 1.55. The average molecular weight is 208 g/mol. The number of benzene rings is 1. The zero-order chi connectivity index (χ0) is 11.1. The maximum absolute atomic E-state index is 10.9. The molecule has 0 spiro atoms. The minimum absolute atomic E-state index is 0.000000000000000222. The molecule has 15 heavy (non-hydrogen) atoms. The lowest BCUT2D eigenvalue weighted by Gasteiger charge is -2.11. The van der Waals surface area contributed by atoms with E-state index in [2.05, 4.69) is 0 Å². The summed E-state index contributed by atoms with van der Waals surface area (Å²) in [4.78, 5) is 10.5. The van der Waals surface area contributed by atoms with Crippen LogP contribution >= 0.6 is 0 Å². The van der Waals surface area contributed by atoms with Crippen molar-refractivity contribution < 1.29 is 9.66 Å². The van der Waals surface area contributed by atoms with Crippen LogP contribution in [0.5, 0.6) is 5.75 Å². The highest BCUT2D eigenvalue weighted by atomic mass is 16.6. The van der Waals surface area contributed by atoms with Crippen molar-refractivity contribution in [3.05, 3.63) is 33.9 Å². The lowest BCUT2D eigenvalue weighted by atomic mass is 10.0. The number of methoxy groups -OCH3 is 1. The SMILES string of the molecule is COc1cccc(C2(N)CC2)c1[N+](=O)[O-]. The Kier molecular flexibility index (Phi) is 2.12. The minimum Gasteiger partial charge on any atom is -0.490 e. The largest absolute Gasteiger partial charge is 0.490 e. The van der Waals surface area contributed by atoms with E-state index in [9.17, 15) is 10.1 Å². The van der Waals surface area contributed by atoms with E-state index in [4.69, 9.17) is 10.5 Å². The molecule has 0 heterocycles. The van der Waals surface area contributed by atoms with Gasteiger partial charge in [0, 0.05) is 5.54 Å². The highest BCUT2D eigenvalue weighted by Gasteiger charge is 2.45. The van der Waals surface area contributed by atoms with Crippen LogP contribution in [0.2, 0.25) is 0 Å². The van der Waals surface area contributed by atoms with Gasteiger partial charge < -0.3 is 10.5 Å². The van der Waals surface area contributed by atoms with Gasteiger partial charge in [0.1, 0.15) is 0 Å². The van der Waals surface area contributed by atoms with Gasteiger partial charge in [0.05, 0.1) is 17.6 Å². The second-order valence-corrected chi connectivity index (χ2v) is 3.77. The molecule has 0 radical (unpaired) electrons. The smallest absolute Gasteiger partial charge is 0.315 e. The fourth-order valence-electron chi connectivity index (χ4n) is 1.68. The Morgan fingerprint density at radius 1 is 1.53 bits per heavy atom. The maximum atomic E-state index is 10.9. The van der Waals surface area contributed by atoms with Gasteiger partial charge in [-0.3, -0.25) is 10.1 Å².